The zero-order chi connectivity index (χ0) is 20.1. The van der Waals surface area contributed by atoms with Crippen molar-refractivity contribution < 1.29 is 17.4 Å². The molecule has 0 spiro atoms. The van der Waals surface area contributed by atoms with Crippen molar-refractivity contribution in [2.75, 3.05) is 0 Å². The van der Waals surface area contributed by atoms with E-state index in [0.717, 1.165) is 12.8 Å². The first kappa shape index (κ1) is 18.3. The molecule has 6 nitrogen and oxygen atoms in total. The lowest BCUT2D eigenvalue weighted by Crippen LogP contribution is -2.23. The van der Waals surface area contributed by atoms with Crippen LogP contribution in [0.15, 0.2) is 47.3 Å². The van der Waals surface area contributed by atoms with Crippen LogP contribution in [0.25, 0.3) is 21.9 Å². The maximum atomic E-state index is 13.9. The van der Waals surface area contributed by atoms with Gasteiger partial charge in [-0.25, -0.2) is 4.39 Å². The quantitative estimate of drug-likeness (QED) is 0.679. The van der Waals surface area contributed by atoms with Gasteiger partial charge in [-0.05, 0) is 53.6 Å². The van der Waals surface area contributed by atoms with Gasteiger partial charge in [-0.1, -0.05) is 18.2 Å². The van der Waals surface area contributed by atoms with Gasteiger partial charge in [0.2, 0.25) is 0 Å². The first-order valence-corrected chi connectivity index (χ1v) is 10.2. The molecule has 1 aliphatic carbocycles. The highest BCUT2D eigenvalue weighted by atomic mass is 32.2. The molecule has 0 bridgehead atoms. The lowest BCUT2D eigenvalue weighted by molar-refractivity contribution is 0.482. The molecule has 1 aliphatic rings. The molecule has 142 valence electrons. The Morgan fingerprint density at radius 1 is 1.18 bits per heavy atom. The van der Waals surface area contributed by atoms with Crippen molar-refractivity contribution in [3.05, 3.63) is 69.9 Å². The molecule has 4 rings (SSSR count). The number of fused-ring (bicyclic) bond motifs is 1. The molecule has 1 heterocycles. The van der Waals surface area contributed by atoms with Crippen molar-refractivity contribution in [1.29, 1.82) is 5.26 Å². The summed E-state index contributed by atoms with van der Waals surface area (Å²) in [5, 5.41) is 10.5. The number of nitrogens with zero attached hydrogens (tertiary/aromatic N) is 2. The molecular formula is C20H15FN2O4S. The summed E-state index contributed by atoms with van der Waals surface area (Å²) in [5.74, 6) is -1.12. The Bertz CT molecular complexity index is 1320. The van der Waals surface area contributed by atoms with E-state index in [0.29, 0.717) is 21.9 Å². The van der Waals surface area contributed by atoms with Crippen LogP contribution in [0.5, 0.6) is 0 Å². The fourth-order valence-electron chi connectivity index (χ4n) is 3.49. The summed E-state index contributed by atoms with van der Waals surface area (Å²) < 4.78 is 47.0. The summed E-state index contributed by atoms with van der Waals surface area (Å²) >= 11 is 0. The van der Waals surface area contributed by atoms with Crippen LogP contribution in [-0.2, 0) is 15.9 Å². The summed E-state index contributed by atoms with van der Waals surface area (Å²) in [5.41, 5.74) is 0.836. The second kappa shape index (κ2) is 6.55. The van der Waals surface area contributed by atoms with Crippen molar-refractivity contribution in [3.63, 3.8) is 0 Å². The molecule has 8 heteroatoms. The third kappa shape index (κ3) is 3.30. The topological polar surface area (TPSA) is 100 Å². The van der Waals surface area contributed by atoms with E-state index in [1.54, 1.807) is 6.07 Å². The van der Waals surface area contributed by atoms with Crippen LogP contribution in [0.2, 0.25) is 0 Å². The Hall–Kier alpha value is -3.02. The minimum absolute atomic E-state index is 0.0728. The largest absolute Gasteiger partial charge is 0.296 e. The third-order valence-electron chi connectivity index (χ3n) is 4.76. The van der Waals surface area contributed by atoms with E-state index < -0.39 is 21.7 Å². The smallest absolute Gasteiger partial charge is 0.269 e. The van der Waals surface area contributed by atoms with Crippen LogP contribution in [0.3, 0.4) is 0 Å². The summed E-state index contributed by atoms with van der Waals surface area (Å²) in [7, 11) is -4.28. The number of benzene rings is 2. The molecule has 1 aromatic heterocycles. The van der Waals surface area contributed by atoms with E-state index in [1.165, 1.54) is 41.0 Å². The molecule has 1 saturated carbocycles. The minimum Gasteiger partial charge on any atom is -0.296 e. The van der Waals surface area contributed by atoms with Gasteiger partial charge in [-0.3, -0.25) is 13.9 Å². The Kier molecular flexibility index (Phi) is 4.29. The van der Waals surface area contributed by atoms with Gasteiger partial charge in [0.15, 0.2) is 0 Å². The number of nitriles is 1. The molecule has 3 aromatic rings. The van der Waals surface area contributed by atoms with Gasteiger partial charge in [-0.15, -0.1) is 0 Å². The number of hydrogen-bond acceptors (Lipinski definition) is 4. The van der Waals surface area contributed by atoms with E-state index >= 15 is 0 Å². The van der Waals surface area contributed by atoms with Crippen LogP contribution in [-0.4, -0.2) is 17.5 Å². The third-order valence-corrected chi connectivity index (χ3v) is 5.46. The van der Waals surface area contributed by atoms with Crippen molar-refractivity contribution in [1.82, 2.24) is 4.57 Å². The standard InChI is InChI=1S/C20H15FN2O4S/c21-14-3-1-2-13(9-14)19-17-8-12(11-28(25,26)27)4-7-16(17)20(24)23(15-5-6-15)18(19)10-22/h1-4,7-9,15H,5-6,11H2,(H,25,26,27). The Morgan fingerprint density at radius 3 is 2.54 bits per heavy atom. The number of aromatic nitrogens is 1. The van der Waals surface area contributed by atoms with E-state index in [1.807, 2.05) is 0 Å². The maximum Gasteiger partial charge on any atom is 0.269 e. The molecule has 28 heavy (non-hydrogen) atoms. The number of rotatable bonds is 4. The van der Waals surface area contributed by atoms with Crippen molar-refractivity contribution in [3.8, 4) is 17.2 Å². The lowest BCUT2D eigenvalue weighted by Gasteiger charge is -2.16. The number of pyridine rings is 1. The van der Waals surface area contributed by atoms with Gasteiger partial charge in [0.1, 0.15) is 23.3 Å². The number of hydrogen-bond donors (Lipinski definition) is 1. The minimum atomic E-state index is -4.28. The Morgan fingerprint density at radius 2 is 1.93 bits per heavy atom. The maximum absolute atomic E-state index is 13.9. The second-order valence-corrected chi connectivity index (χ2v) is 8.31. The molecule has 0 saturated heterocycles. The molecule has 2 aromatic carbocycles. The fraction of sp³-hybridized carbons (Fsp3) is 0.200. The fourth-order valence-corrected chi connectivity index (χ4v) is 4.09. The first-order valence-electron chi connectivity index (χ1n) is 8.61. The molecule has 0 amide bonds. The second-order valence-electron chi connectivity index (χ2n) is 6.86. The summed E-state index contributed by atoms with van der Waals surface area (Å²) in [4.78, 5) is 13.0. The van der Waals surface area contributed by atoms with E-state index in [9.17, 15) is 22.9 Å². The van der Waals surface area contributed by atoms with Crippen LogP contribution >= 0.6 is 0 Å². The summed E-state index contributed by atoms with van der Waals surface area (Å²) in [6, 6.07) is 12.1. The predicted octanol–water partition coefficient (Wildman–Crippen LogP) is 3.40. The van der Waals surface area contributed by atoms with Gasteiger partial charge < -0.3 is 0 Å². The molecule has 0 atom stereocenters. The molecule has 1 N–H and O–H groups in total. The zero-order valence-electron chi connectivity index (χ0n) is 14.6. The van der Waals surface area contributed by atoms with E-state index in [-0.39, 0.29) is 22.9 Å². The lowest BCUT2D eigenvalue weighted by atomic mass is 9.95. The van der Waals surface area contributed by atoms with E-state index in [2.05, 4.69) is 6.07 Å². The SMILES string of the molecule is N#Cc1c(-c2cccc(F)c2)c2cc(CS(=O)(=O)O)ccc2c(=O)n1C1CC1. The van der Waals surface area contributed by atoms with Crippen molar-refractivity contribution in [2.45, 2.75) is 24.6 Å². The monoisotopic (exact) mass is 398 g/mol. The molecule has 0 aliphatic heterocycles. The van der Waals surface area contributed by atoms with Gasteiger partial charge >= 0.3 is 0 Å². The molecule has 0 unspecified atom stereocenters. The summed E-state index contributed by atoms with van der Waals surface area (Å²) in [6.45, 7) is 0. The van der Waals surface area contributed by atoms with Crippen LogP contribution < -0.4 is 5.56 Å². The first-order chi connectivity index (χ1) is 13.3. The van der Waals surface area contributed by atoms with Gasteiger partial charge in [0.05, 0.1) is 0 Å². The van der Waals surface area contributed by atoms with Gasteiger partial charge in [-0.2, -0.15) is 13.7 Å². The van der Waals surface area contributed by atoms with Crippen molar-refractivity contribution in [2.24, 2.45) is 0 Å². The van der Waals surface area contributed by atoms with Crippen LogP contribution in [0, 0.1) is 17.1 Å². The average molecular weight is 398 g/mol. The Labute approximate surface area is 160 Å². The average Bonchev–Trinajstić information content (AvgIpc) is 3.44. The molecular weight excluding hydrogens is 383 g/mol. The molecule has 1 fully saturated rings. The highest BCUT2D eigenvalue weighted by Gasteiger charge is 2.30. The highest BCUT2D eigenvalue weighted by molar-refractivity contribution is 7.85. The van der Waals surface area contributed by atoms with E-state index in [4.69, 9.17) is 4.55 Å². The molecule has 0 radical (unpaired) electrons. The normalized spacial score (nSPS) is 14.2. The number of halogens is 1. The van der Waals surface area contributed by atoms with Gasteiger partial charge in [0, 0.05) is 17.0 Å². The highest BCUT2D eigenvalue weighted by Crippen LogP contribution is 2.39. The van der Waals surface area contributed by atoms with Gasteiger partial charge in [0.25, 0.3) is 15.7 Å². The zero-order valence-corrected chi connectivity index (χ0v) is 15.4. The van der Waals surface area contributed by atoms with Crippen molar-refractivity contribution >= 4 is 20.9 Å². The van der Waals surface area contributed by atoms with Crippen LogP contribution in [0.4, 0.5) is 4.39 Å². The summed E-state index contributed by atoms with van der Waals surface area (Å²) in [6.07, 6.45) is 1.56. The predicted molar refractivity (Wildman–Crippen MR) is 102 cm³/mol. The van der Waals surface area contributed by atoms with Crippen LogP contribution in [0.1, 0.15) is 30.1 Å². The Balaban J connectivity index is 2.12.